The SMILES string of the molecule is CCCc1nnc(NC(=O)CSCC(=O)Nc2ccc(F)cc2)s1. The van der Waals surface area contributed by atoms with E-state index in [0.29, 0.717) is 10.8 Å². The van der Waals surface area contributed by atoms with Crippen molar-refractivity contribution in [2.75, 3.05) is 22.1 Å². The van der Waals surface area contributed by atoms with Gasteiger partial charge in [0.05, 0.1) is 11.5 Å². The molecule has 0 bridgehead atoms. The van der Waals surface area contributed by atoms with E-state index in [1.165, 1.54) is 47.4 Å². The molecule has 1 aromatic heterocycles. The third-order valence-corrected chi connectivity index (χ3v) is 4.60. The van der Waals surface area contributed by atoms with E-state index in [-0.39, 0.29) is 29.1 Å². The molecule has 0 atom stereocenters. The fourth-order valence-corrected chi connectivity index (χ4v) is 3.22. The normalized spacial score (nSPS) is 10.4. The smallest absolute Gasteiger partial charge is 0.236 e. The number of aromatic nitrogens is 2. The van der Waals surface area contributed by atoms with Gasteiger partial charge in [-0.2, -0.15) is 0 Å². The van der Waals surface area contributed by atoms with Crippen LogP contribution in [-0.2, 0) is 16.0 Å². The van der Waals surface area contributed by atoms with Crippen molar-refractivity contribution in [3.05, 3.63) is 35.1 Å². The van der Waals surface area contributed by atoms with Crippen molar-refractivity contribution >= 4 is 45.7 Å². The molecular weight excluding hydrogens is 351 g/mol. The van der Waals surface area contributed by atoms with Gasteiger partial charge in [-0.1, -0.05) is 18.3 Å². The summed E-state index contributed by atoms with van der Waals surface area (Å²) in [6.07, 6.45) is 1.81. The van der Waals surface area contributed by atoms with Crippen molar-refractivity contribution in [1.82, 2.24) is 10.2 Å². The average molecular weight is 368 g/mol. The molecule has 0 aliphatic rings. The molecule has 2 amide bonds. The molecule has 0 aliphatic carbocycles. The highest BCUT2D eigenvalue weighted by Gasteiger charge is 2.09. The van der Waals surface area contributed by atoms with Crippen molar-refractivity contribution in [3.63, 3.8) is 0 Å². The number of benzene rings is 1. The van der Waals surface area contributed by atoms with Crippen LogP contribution < -0.4 is 10.6 Å². The second kappa shape index (κ2) is 9.33. The van der Waals surface area contributed by atoms with Crippen LogP contribution >= 0.6 is 23.1 Å². The van der Waals surface area contributed by atoms with Gasteiger partial charge >= 0.3 is 0 Å². The molecule has 0 aliphatic heterocycles. The van der Waals surface area contributed by atoms with Crippen LogP contribution in [-0.4, -0.2) is 33.5 Å². The van der Waals surface area contributed by atoms with Crippen LogP contribution in [0.5, 0.6) is 0 Å². The fourth-order valence-electron chi connectivity index (χ4n) is 1.74. The number of hydrogen-bond donors (Lipinski definition) is 2. The van der Waals surface area contributed by atoms with E-state index >= 15 is 0 Å². The Bertz CT molecular complexity index is 691. The molecule has 2 N–H and O–H groups in total. The Morgan fingerprint density at radius 3 is 2.46 bits per heavy atom. The minimum atomic E-state index is -0.363. The summed E-state index contributed by atoms with van der Waals surface area (Å²) in [5.41, 5.74) is 0.517. The van der Waals surface area contributed by atoms with Crippen LogP contribution in [0.2, 0.25) is 0 Å². The Morgan fingerprint density at radius 2 is 1.79 bits per heavy atom. The first-order valence-electron chi connectivity index (χ1n) is 7.32. The number of anilines is 2. The topological polar surface area (TPSA) is 84.0 Å². The molecule has 0 radical (unpaired) electrons. The van der Waals surface area contributed by atoms with Crippen LogP contribution in [0.3, 0.4) is 0 Å². The second-order valence-electron chi connectivity index (χ2n) is 4.85. The lowest BCUT2D eigenvalue weighted by Crippen LogP contribution is -2.18. The maximum absolute atomic E-state index is 12.8. The van der Waals surface area contributed by atoms with Gasteiger partial charge in [0.15, 0.2) is 0 Å². The zero-order chi connectivity index (χ0) is 17.4. The van der Waals surface area contributed by atoms with Crippen LogP contribution in [0, 0.1) is 5.82 Å². The summed E-state index contributed by atoms with van der Waals surface area (Å²) in [6.45, 7) is 2.05. The predicted molar refractivity (Wildman–Crippen MR) is 94.9 cm³/mol. The van der Waals surface area contributed by atoms with Gasteiger partial charge in [0, 0.05) is 12.1 Å². The molecule has 2 rings (SSSR count). The van der Waals surface area contributed by atoms with Gasteiger partial charge in [0.1, 0.15) is 10.8 Å². The molecular formula is C15H17FN4O2S2. The van der Waals surface area contributed by atoms with Gasteiger partial charge < -0.3 is 5.32 Å². The summed E-state index contributed by atoms with van der Waals surface area (Å²) in [5.74, 6) is -0.575. The van der Waals surface area contributed by atoms with Crippen molar-refractivity contribution in [3.8, 4) is 0 Å². The summed E-state index contributed by atoms with van der Waals surface area (Å²) in [4.78, 5) is 23.5. The first-order chi connectivity index (χ1) is 11.6. The molecule has 128 valence electrons. The van der Waals surface area contributed by atoms with Crippen LogP contribution in [0.25, 0.3) is 0 Å². The van der Waals surface area contributed by atoms with E-state index in [4.69, 9.17) is 0 Å². The predicted octanol–water partition coefficient (Wildman–Crippen LogP) is 2.94. The van der Waals surface area contributed by atoms with Gasteiger partial charge in [-0.15, -0.1) is 22.0 Å². The Kier molecular flexibility index (Phi) is 7.13. The van der Waals surface area contributed by atoms with Gasteiger partial charge in [0.2, 0.25) is 16.9 Å². The van der Waals surface area contributed by atoms with Crippen molar-refractivity contribution in [1.29, 1.82) is 0 Å². The molecule has 0 fully saturated rings. The lowest BCUT2D eigenvalue weighted by molar-refractivity contribution is -0.114. The lowest BCUT2D eigenvalue weighted by Gasteiger charge is -2.05. The summed E-state index contributed by atoms with van der Waals surface area (Å²) in [5, 5.41) is 14.5. The van der Waals surface area contributed by atoms with Crippen LogP contribution in [0.15, 0.2) is 24.3 Å². The molecule has 1 aromatic carbocycles. The summed E-state index contributed by atoms with van der Waals surface area (Å²) >= 11 is 2.54. The largest absolute Gasteiger partial charge is 0.325 e. The first-order valence-corrected chi connectivity index (χ1v) is 9.29. The molecule has 6 nitrogen and oxygen atoms in total. The number of carbonyl (C=O) groups excluding carboxylic acids is 2. The summed E-state index contributed by atoms with van der Waals surface area (Å²) < 4.78 is 12.8. The number of nitrogens with one attached hydrogen (secondary N) is 2. The zero-order valence-electron chi connectivity index (χ0n) is 13.0. The zero-order valence-corrected chi connectivity index (χ0v) is 14.7. The van der Waals surface area contributed by atoms with E-state index in [2.05, 4.69) is 20.8 Å². The number of nitrogens with zero attached hydrogens (tertiary/aromatic N) is 2. The van der Waals surface area contributed by atoms with E-state index in [9.17, 15) is 14.0 Å². The molecule has 24 heavy (non-hydrogen) atoms. The second-order valence-corrected chi connectivity index (χ2v) is 6.89. The highest BCUT2D eigenvalue weighted by molar-refractivity contribution is 8.00. The first kappa shape index (κ1) is 18.3. The Balaban J connectivity index is 1.67. The maximum atomic E-state index is 12.8. The highest BCUT2D eigenvalue weighted by Crippen LogP contribution is 2.17. The minimum Gasteiger partial charge on any atom is -0.325 e. The van der Waals surface area contributed by atoms with Gasteiger partial charge in [-0.3, -0.25) is 14.9 Å². The number of amides is 2. The van der Waals surface area contributed by atoms with Gasteiger partial charge in [-0.25, -0.2) is 4.39 Å². The highest BCUT2D eigenvalue weighted by atomic mass is 32.2. The lowest BCUT2D eigenvalue weighted by atomic mass is 10.3. The van der Waals surface area contributed by atoms with E-state index in [1.807, 2.05) is 6.92 Å². The number of aryl methyl sites for hydroxylation is 1. The number of thioether (sulfide) groups is 1. The van der Waals surface area contributed by atoms with Crippen molar-refractivity contribution in [2.24, 2.45) is 0 Å². The summed E-state index contributed by atoms with van der Waals surface area (Å²) in [7, 11) is 0. The number of carbonyl (C=O) groups is 2. The molecule has 0 spiro atoms. The van der Waals surface area contributed by atoms with E-state index in [1.54, 1.807) is 0 Å². The Morgan fingerprint density at radius 1 is 1.12 bits per heavy atom. The number of rotatable bonds is 8. The molecule has 9 heteroatoms. The van der Waals surface area contributed by atoms with E-state index < -0.39 is 0 Å². The van der Waals surface area contributed by atoms with Crippen LogP contribution in [0.1, 0.15) is 18.4 Å². The molecule has 1 heterocycles. The summed E-state index contributed by atoms with van der Waals surface area (Å²) in [6, 6.07) is 5.50. The monoisotopic (exact) mass is 368 g/mol. The van der Waals surface area contributed by atoms with Gasteiger partial charge in [0.25, 0.3) is 0 Å². The molecule has 0 unspecified atom stereocenters. The van der Waals surface area contributed by atoms with Crippen molar-refractivity contribution < 1.29 is 14.0 Å². The molecule has 2 aromatic rings. The maximum Gasteiger partial charge on any atom is 0.236 e. The Hall–Kier alpha value is -2.00. The number of hydrogen-bond acceptors (Lipinski definition) is 6. The number of halogens is 1. The Labute approximate surface area is 147 Å². The quantitative estimate of drug-likeness (QED) is 0.748. The third kappa shape index (κ3) is 6.25. The van der Waals surface area contributed by atoms with Gasteiger partial charge in [-0.05, 0) is 30.7 Å². The fraction of sp³-hybridized carbons (Fsp3) is 0.333. The van der Waals surface area contributed by atoms with E-state index in [0.717, 1.165) is 17.8 Å². The van der Waals surface area contributed by atoms with Crippen LogP contribution in [0.4, 0.5) is 15.2 Å². The molecule has 0 saturated carbocycles. The van der Waals surface area contributed by atoms with Crippen molar-refractivity contribution in [2.45, 2.75) is 19.8 Å². The standard InChI is InChI=1S/C15H17FN4O2S2/c1-2-3-14-19-20-15(24-14)18-13(22)9-23-8-12(21)17-11-6-4-10(16)5-7-11/h4-7H,2-3,8-9H2,1H3,(H,17,21)(H,18,20,22). The average Bonchev–Trinajstić information content (AvgIpc) is 2.97. The minimum absolute atomic E-state index is 0.127. The molecule has 0 saturated heterocycles. The third-order valence-electron chi connectivity index (χ3n) is 2.77.